The molecule has 6 nitrogen and oxygen atoms in total. The van der Waals surface area contributed by atoms with E-state index in [1.165, 1.54) is 0 Å². The molecule has 0 saturated heterocycles. The third-order valence-corrected chi connectivity index (χ3v) is 3.07. The van der Waals surface area contributed by atoms with Gasteiger partial charge in [0.15, 0.2) is 17.7 Å². The van der Waals surface area contributed by atoms with Gasteiger partial charge in [-0.3, -0.25) is 4.79 Å². The Morgan fingerprint density at radius 3 is 3.10 bits per heavy atom. The number of fused-ring (bicyclic) bond motifs is 1. The van der Waals surface area contributed by atoms with Crippen molar-refractivity contribution in [3.63, 3.8) is 0 Å². The largest absolute Gasteiger partial charge is 0.479 e. The van der Waals surface area contributed by atoms with E-state index in [1.54, 1.807) is 25.1 Å². The summed E-state index contributed by atoms with van der Waals surface area (Å²) in [6, 6.07) is 4.97. The van der Waals surface area contributed by atoms with Crippen molar-refractivity contribution in [2.24, 2.45) is 0 Å². The van der Waals surface area contributed by atoms with Gasteiger partial charge < -0.3 is 15.4 Å². The third kappa shape index (κ3) is 2.73. The summed E-state index contributed by atoms with van der Waals surface area (Å²) in [6.45, 7) is 1.66. The molecule has 2 aromatic rings. The quantitative estimate of drug-likeness (QED) is 0.834. The van der Waals surface area contributed by atoms with Crippen molar-refractivity contribution >= 4 is 34.7 Å². The van der Waals surface area contributed by atoms with Crippen molar-refractivity contribution < 1.29 is 13.9 Å². The van der Waals surface area contributed by atoms with E-state index >= 15 is 0 Å². The molecule has 0 aliphatic carbocycles. The number of ether oxygens (including phenoxy) is 1. The summed E-state index contributed by atoms with van der Waals surface area (Å²) in [5.41, 5.74) is 1.03. The Kier molecular flexibility index (Phi) is 3.34. The molecule has 2 heterocycles. The number of nitrogens with one attached hydrogen (secondary N) is 2. The maximum absolute atomic E-state index is 13.6. The lowest BCUT2D eigenvalue weighted by Crippen LogP contribution is -2.34. The summed E-state index contributed by atoms with van der Waals surface area (Å²) < 4.78 is 19.0. The minimum Gasteiger partial charge on any atom is -0.479 e. The van der Waals surface area contributed by atoms with Crippen LogP contribution in [-0.4, -0.2) is 22.0 Å². The van der Waals surface area contributed by atoms with E-state index < -0.39 is 11.9 Å². The van der Waals surface area contributed by atoms with Crippen molar-refractivity contribution in [3.05, 3.63) is 35.5 Å². The second-order valence-electron chi connectivity index (χ2n) is 4.42. The lowest BCUT2D eigenvalue weighted by atomic mass is 10.2. The number of halogens is 2. The van der Waals surface area contributed by atoms with Gasteiger partial charge in [0.1, 0.15) is 5.75 Å². The Labute approximate surface area is 124 Å². The van der Waals surface area contributed by atoms with Gasteiger partial charge in [-0.2, -0.15) is 4.98 Å². The maximum Gasteiger partial charge on any atom is 0.265 e. The monoisotopic (exact) mass is 308 g/mol. The maximum atomic E-state index is 13.6. The molecule has 0 radical (unpaired) electrons. The van der Waals surface area contributed by atoms with Crippen LogP contribution in [0.3, 0.4) is 0 Å². The van der Waals surface area contributed by atoms with Crippen molar-refractivity contribution in [3.8, 4) is 5.75 Å². The molecule has 1 aromatic carbocycles. The molecular formula is C13H10ClFN4O2. The number of carbonyl (C=O) groups is 1. The predicted molar refractivity (Wildman–Crippen MR) is 75.4 cm³/mol. The Balaban J connectivity index is 1.89. The molecule has 1 atom stereocenters. The Bertz CT molecular complexity index is 725. The first-order valence-corrected chi connectivity index (χ1v) is 6.47. The summed E-state index contributed by atoms with van der Waals surface area (Å²) in [5.74, 6) is -0.373. The standard InChI is InChI=1S/C13H10ClFN4O2/c1-6-12(20)18-9-4-7(2-3-10(9)21-6)17-11-8(15)5-16-13(14)19-11/h2-6H,1H3,(H,18,20)(H,16,17,19)/t6-/m1/s1. The van der Waals surface area contributed by atoms with Crippen molar-refractivity contribution in [1.82, 2.24) is 9.97 Å². The number of carbonyl (C=O) groups excluding carboxylic acids is 1. The Morgan fingerprint density at radius 2 is 2.29 bits per heavy atom. The lowest BCUT2D eigenvalue weighted by molar-refractivity contribution is -0.122. The van der Waals surface area contributed by atoms with Gasteiger partial charge in [0, 0.05) is 5.69 Å². The Hall–Kier alpha value is -2.41. The molecule has 1 aliphatic rings. The minimum atomic E-state index is -0.633. The van der Waals surface area contributed by atoms with Gasteiger partial charge in [0.2, 0.25) is 5.28 Å². The molecule has 8 heteroatoms. The molecule has 0 saturated carbocycles. The highest BCUT2D eigenvalue weighted by Crippen LogP contribution is 2.33. The van der Waals surface area contributed by atoms with E-state index in [9.17, 15) is 9.18 Å². The molecule has 1 aromatic heterocycles. The fourth-order valence-electron chi connectivity index (χ4n) is 1.86. The van der Waals surface area contributed by atoms with Crippen LogP contribution in [0, 0.1) is 5.82 Å². The highest BCUT2D eigenvalue weighted by Gasteiger charge is 2.23. The number of hydrogen-bond donors (Lipinski definition) is 2. The van der Waals surface area contributed by atoms with Gasteiger partial charge in [0.25, 0.3) is 5.91 Å². The van der Waals surface area contributed by atoms with Crippen LogP contribution in [0.25, 0.3) is 0 Å². The highest BCUT2D eigenvalue weighted by molar-refractivity contribution is 6.28. The average Bonchev–Trinajstić information content (AvgIpc) is 2.44. The van der Waals surface area contributed by atoms with Crippen LogP contribution in [0.15, 0.2) is 24.4 Å². The lowest BCUT2D eigenvalue weighted by Gasteiger charge is -2.23. The molecule has 0 unspecified atom stereocenters. The van der Waals surface area contributed by atoms with E-state index in [4.69, 9.17) is 16.3 Å². The first kappa shape index (κ1) is 13.6. The fraction of sp³-hybridized carbons (Fsp3) is 0.154. The van der Waals surface area contributed by atoms with E-state index in [1.807, 2.05) is 0 Å². The molecule has 21 heavy (non-hydrogen) atoms. The number of aromatic nitrogens is 2. The van der Waals surface area contributed by atoms with Crippen molar-refractivity contribution in [2.75, 3.05) is 10.6 Å². The van der Waals surface area contributed by atoms with Crippen LogP contribution in [0.2, 0.25) is 5.28 Å². The normalized spacial score (nSPS) is 16.7. The van der Waals surface area contributed by atoms with Crippen LogP contribution in [-0.2, 0) is 4.79 Å². The summed E-state index contributed by atoms with van der Waals surface area (Å²) in [5, 5.41) is 5.41. The number of benzene rings is 1. The molecule has 108 valence electrons. The third-order valence-electron chi connectivity index (χ3n) is 2.89. The number of amides is 1. The molecule has 0 bridgehead atoms. The molecule has 3 rings (SSSR count). The van der Waals surface area contributed by atoms with Gasteiger partial charge in [-0.25, -0.2) is 9.37 Å². The SMILES string of the molecule is C[C@H]1Oc2ccc(Nc3nc(Cl)ncc3F)cc2NC1=O. The van der Waals surface area contributed by atoms with Crippen LogP contribution < -0.4 is 15.4 Å². The van der Waals surface area contributed by atoms with E-state index in [0.29, 0.717) is 17.1 Å². The fourth-order valence-corrected chi connectivity index (χ4v) is 1.99. The first-order valence-electron chi connectivity index (χ1n) is 6.09. The van der Waals surface area contributed by atoms with Crippen molar-refractivity contribution in [2.45, 2.75) is 13.0 Å². The first-order chi connectivity index (χ1) is 10.0. The van der Waals surface area contributed by atoms with Crippen molar-refractivity contribution in [1.29, 1.82) is 0 Å². The number of anilines is 3. The molecule has 0 fully saturated rings. The molecule has 1 amide bonds. The van der Waals surface area contributed by atoms with Gasteiger partial charge >= 0.3 is 0 Å². The zero-order chi connectivity index (χ0) is 15.0. The molecular weight excluding hydrogens is 299 g/mol. The van der Waals surface area contributed by atoms with E-state index in [0.717, 1.165) is 6.20 Å². The Morgan fingerprint density at radius 1 is 1.48 bits per heavy atom. The second-order valence-corrected chi connectivity index (χ2v) is 4.76. The van der Waals surface area contributed by atoms with Gasteiger partial charge in [0.05, 0.1) is 11.9 Å². The zero-order valence-corrected chi connectivity index (χ0v) is 11.6. The van der Waals surface area contributed by atoms with Crippen LogP contribution in [0.5, 0.6) is 5.75 Å². The summed E-state index contributed by atoms with van der Waals surface area (Å²) in [7, 11) is 0. The predicted octanol–water partition coefficient (Wildman–Crippen LogP) is 2.73. The molecule has 2 N–H and O–H groups in total. The second kappa shape index (κ2) is 5.17. The van der Waals surface area contributed by atoms with Crippen LogP contribution in [0.4, 0.5) is 21.6 Å². The number of hydrogen-bond acceptors (Lipinski definition) is 5. The van der Waals surface area contributed by atoms with Gasteiger partial charge in [-0.05, 0) is 36.7 Å². The zero-order valence-electron chi connectivity index (χ0n) is 10.9. The van der Waals surface area contributed by atoms with E-state index in [2.05, 4.69) is 20.6 Å². The topological polar surface area (TPSA) is 76.1 Å². The van der Waals surface area contributed by atoms with Crippen LogP contribution in [0.1, 0.15) is 6.92 Å². The highest BCUT2D eigenvalue weighted by atomic mass is 35.5. The smallest absolute Gasteiger partial charge is 0.265 e. The summed E-state index contributed by atoms with van der Waals surface area (Å²) in [4.78, 5) is 18.9. The number of nitrogens with zero attached hydrogens (tertiary/aromatic N) is 2. The summed E-state index contributed by atoms with van der Waals surface area (Å²) in [6.07, 6.45) is 0.428. The summed E-state index contributed by atoms with van der Waals surface area (Å²) >= 11 is 5.63. The molecule has 1 aliphatic heterocycles. The van der Waals surface area contributed by atoms with Gasteiger partial charge in [-0.1, -0.05) is 0 Å². The average molecular weight is 309 g/mol. The minimum absolute atomic E-state index is 0.0497. The van der Waals surface area contributed by atoms with E-state index in [-0.39, 0.29) is 17.0 Å². The number of rotatable bonds is 2. The molecule has 0 spiro atoms. The van der Waals surface area contributed by atoms with Gasteiger partial charge in [-0.15, -0.1) is 0 Å². The van der Waals surface area contributed by atoms with Crippen LogP contribution >= 0.6 is 11.6 Å².